The number of halogens is 4. The quantitative estimate of drug-likeness (QED) is 0.451. The van der Waals surface area contributed by atoms with Crippen molar-refractivity contribution in [1.82, 2.24) is 4.98 Å². The molecule has 2 aromatic rings. The van der Waals surface area contributed by atoms with Crippen molar-refractivity contribution in [3.05, 3.63) is 64.1 Å². The van der Waals surface area contributed by atoms with Crippen LogP contribution >= 0.6 is 11.6 Å². The van der Waals surface area contributed by atoms with Crippen molar-refractivity contribution in [3.8, 4) is 5.75 Å². The molecule has 3 rings (SSSR count). The summed E-state index contributed by atoms with van der Waals surface area (Å²) < 4.78 is 47.2. The predicted octanol–water partition coefficient (Wildman–Crippen LogP) is 6.86. The Hall–Kier alpha value is -2.25. The molecule has 2 atom stereocenters. The first-order valence-electron chi connectivity index (χ1n) is 10.6. The van der Waals surface area contributed by atoms with Crippen LogP contribution in [0.4, 0.5) is 13.2 Å². The first kappa shape index (κ1) is 26.0. The number of ether oxygens (including phenoxy) is 1. The van der Waals surface area contributed by atoms with Gasteiger partial charge < -0.3 is 14.9 Å². The van der Waals surface area contributed by atoms with Gasteiger partial charge in [-0.05, 0) is 72.2 Å². The zero-order chi connectivity index (χ0) is 23.9. The van der Waals surface area contributed by atoms with Crippen molar-refractivity contribution in [2.45, 2.75) is 64.1 Å². The lowest BCUT2D eigenvalue weighted by Gasteiger charge is -2.34. The third-order valence-electron chi connectivity index (χ3n) is 5.21. The van der Waals surface area contributed by atoms with E-state index in [0.29, 0.717) is 28.5 Å². The van der Waals surface area contributed by atoms with Gasteiger partial charge in [-0.25, -0.2) is 0 Å². The van der Waals surface area contributed by atoms with Crippen LogP contribution in [-0.2, 0) is 6.42 Å². The number of nitrogens with zero attached hydrogens (tertiary/aromatic N) is 1. The third-order valence-corrected chi connectivity index (χ3v) is 5.43. The van der Waals surface area contributed by atoms with Crippen molar-refractivity contribution < 1.29 is 28.1 Å². The fourth-order valence-corrected chi connectivity index (χ4v) is 3.99. The second kappa shape index (κ2) is 11.1. The molecule has 0 aliphatic carbocycles. The van der Waals surface area contributed by atoms with E-state index in [1.807, 2.05) is 13.8 Å². The standard InChI is InChI=1S/C22H23ClF3NO3.C2H6/c1-14(19-11-17(23)10-16-3-2-8-30-20(16)19)12-21(29,22(24,25)26)13-18(28)9-15-4-6-27-7-5-15;1-2/h4-7,9-11,14,28-29H,2-3,8,12-13H2,1H3;1-2H3/b18-9-;. The molecule has 1 aliphatic rings. The van der Waals surface area contributed by atoms with E-state index < -0.39 is 36.3 Å². The first-order valence-corrected chi connectivity index (χ1v) is 11.0. The molecule has 0 fully saturated rings. The Morgan fingerprint density at radius 1 is 1.25 bits per heavy atom. The Kier molecular flexibility index (Phi) is 8.98. The number of pyridine rings is 1. The summed E-state index contributed by atoms with van der Waals surface area (Å²) >= 11 is 6.17. The maximum atomic E-state index is 13.8. The molecule has 32 heavy (non-hydrogen) atoms. The summed E-state index contributed by atoms with van der Waals surface area (Å²) in [5.74, 6) is -0.743. The molecule has 0 spiro atoms. The monoisotopic (exact) mass is 471 g/mol. The van der Waals surface area contributed by atoms with E-state index in [1.165, 1.54) is 18.5 Å². The van der Waals surface area contributed by atoms with Crippen LogP contribution in [0.5, 0.6) is 5.75 Å². The third kappa shape index (κ3) is 6.39. The van der Waals surface area contributed by atoms with E-state index in [4.69, 9.17) is 16.3 Å². The number of alkyl halides is 3. The number of aliphatic hydroxyl groups excluding tert-OH is 1. The van der Waals surface area contributed by atoms with E-state index in [1.54, 1.807) is 31.2 Å². The molecule has 2 N–H and O–H groups in total. The fourth-order valence-electron chi connectivity index (χ4n) is 3.75. The van der Waals surface area contributed by atoms with Gasteiger partial charge in [0.2, 0.25) is 0 Å². The number of rotatable bonds is 6. The molecule has 0 saturated carbocycles. The molecular weight excluding hydrogens is 443 g/mol. The highest BCUT2D eigenvalue weighted by Crippen LogP contribution is 2.45. The number of hydrogen-bond donors (Lipinski definition) is 2. The summed E-state index contributed by atoms with van der Waals surface area (Å²) in [6.45, 7) is 6.07. The minimum Gasteiger partial charge on any atom is -0.512 e. The van der Waals surface area contributed by atoms with Gasteiger partial charge in [0.15, 0.2) is 5.60 Å². The molecule has 2 heterocycles. The molecule has 176 valence electrons. The van der Waals surface area contributed by atoms with Gasteiger partial charge in [-0.1, -0.05) is 32.4 Å². The lowest BCUT2D eigenvalue weighted by atomic mass is 9.82. The summed E-state index contributed by atoms with van der Waals surface area (Å²) in [4.78, 5) is 3.82. The van der Waals surface area contributed by atoms with E-state index >= 15 is 0 Å². The van der Waals surface area contributed by atoms with Crippen LogP contribution in [0.2, 0.25) is 5.02 Å². The van der Waals surface area contributed by atoms with Gasteiger partial charge in [0, 0.05) is 23.8 Å². The minimum absolute atomic E-state index is 0.414. The highest BCUT2D eigenvalue weighted by atomic mass is 35.5. The van der Waals surface area contributed by atoms with Crippen LogP contribution in [0.3, 0.4) is 0 Å². The van der Waals surface area contributed by atoms with Crippen LogP contribution < -0.4 is 4.74 Å². The summed E-state index contributed by atoms with van der Waals surface area (Å²) in [5, 5.41) is 21.2. The van der Waals surface area contributed by atoms with Crippen molar-refractivity contribution in [1.29, 1.82) is 0 Å². The van der Waals surface area contributed by atoms with Gasteiger partial charge in [-0.2, -0.15) is 13.2 Å². The molecule has 2 unspecified atom stereocenters. The maximum absolute atomic E-state index is 13.8. The average molecular weight is 472 g/mol. The summed E-state index contributed by atoms with van der Waals surface area (Å²) in [6, 6.07) is 6.42. The SMILES string of the molecule is CC.CC(CC(O)(C/C(O)=C/c1ccncc1)C(F)(F)F)c1cc(Cl)cc2c1OCCC2. The molecule has 8 heteroatoms. The maximum Gasteiger partial charge on any atom is 0.417 e. The molecule has 1 aromatic carbocycles. The predicted molar refractivity (Wildman–Crippen MR) is 120 cm³/mol. The molecular formula is C24H29ClF3NO3. The Labute approximate surface area is 191 Å². The zero-order valence-electron chi connectivity index (χ0n) is 18.4. The molecule has 0 amide bonds. The highest BCUT2D eigenvalue weighted by molar-refractivity contribution is 6.30. The highest BCUT2D eigenvalue weighted by Gasteiger charge is 2.54. The number of aryl methyl sites for hydroxylation is 1. The largest absolute Gasteiger partial charge is 0.512 e. The fraction of sp³-hybridized carbons (Fsp3) is 0.458. The molecule has 1 aromatic heterocycles. The van der Waals surface area contributed by atoms with Crippen LogP contribution in [0.1, 0.15) is 62.6 Å². The molecule has 0 radical (unpaired) electrons. The second-order valence-corrected chi connectivity index (χ2v) is 8.10. The van der Waals surface area contributed by atoms with Gasteiger partial charge in [0.05, 0.1) is 12.4 Å². The summed E-state index contributed by atoms with van der Waals surface area (Å²) in [5.41, 5.74) is -1.26. The van der Waals surface area contributed by atoms with E-state index in [2.05, 4.69) is 4.98 Å². The Balaban J connectivity index is 0.00000176. The number of hydrogen-bond acceptors (Lipinski definition) is 4. The normalized spacial score (nSPS) is 16.7. The Bertz CT molecular complexity index is 919. The number of aromatic nitrogens is 1. The lowest BCUT2D eigenvalue weighted by molar-refractivity contribution is -0.265. The summed E-state index contributed by atoms with van der Waals surface area (Å²) in [6.07, 6.45) is -0.920. The van der Waals surface area contributed by atoms with Crippen LogP contribution in [0.15, 0.2) is 42.4 Å². The first-order chi connectivity index (χ1) is 15.1. The summed E-state index contributed by atoms with van der Waals surface area (Å²) in [7, 11) is 0. The van der Waals surface area contributed by atoms with Crippen LogP contribution in [-0.4, -0.2) is 33.6 Å². The smallest absolute Gasteiger partial charge is 0.417 e. The van der Waals surface area contributed by atoms with Crippen molar-refractivity contribution in [3.63, 3.8) is 0 Å². The van der Waals surface area contributed by atoms with Gasteiger partial charge in [-0.15, -0.1) is 0 Å². The van der Waals surface area contributed by atoms with Gasteiger partial charge in [-0.3, -0.25) is 4.98 Å². The molecule has 0 saturated heterocycles. The van der Waals surface area contributed by atoms with E-state index in [0.717, 1.165) is 18.4 Å². The van der Waals surface area contributed by atoms with Gasteiger partial charge >= 0.3 is 6.18 Å². The average Bonchev–Trinajstić information content (AvgIpc) is 2.74. The Morgan fingerprint density at radius 2 is 1.91 bits per heavy atom. The van der Waals surface area contributed by atoms with E-state index in [-0.39, 0.29) is 0 Å². The minimum atomic E-state index is -4.94. The number of aliphatic hydroxyl groups is 2. The molecule has 1 aliphatic heterocycles. The van der Waals surface area contributed by atoms with Crippen molar-refractivity contribution >= 4 is 17.7 Å². The Morgan fingerprint density at radius 3 is 2.53 bits per heavy atom. The van der Waals surface area contributed by atoms with Crippen molar-refractivity contribution in [2.24, 2.45) is 0 Å². The van der Waals surface area contributed by atoms with Crippen LogP contribution in [0, 0.1) is 0 Å². The molecule has 0 bridgehead atoms. The van der Waals surface area contributed by atoms with Crippen molar-refractivity contribution in [2.75, 3.05) is 6.61 Å². The number of fused-ring (bicyclic) bond motifs is 1. The second-order valence-electron chi connectivity index (χ2n) is 7.66. The van der Waals surface area contributed by atoms with E-state index in [9.17, 15) is 23.4 Å². The number of benzene rings is 1. The molecule has 4 nitrogen and oxygen atoms in total. The van der Waals surface area contributed by atoms with Gasteiger partial charge in [0.25, 0.3) is 0 Å². The van der Waals surface area contributed by atoms with Crippen LogP contribution in [0.25, 0.3) is 6.08 Å². The van der Waals surface area contributed by atoms with Gasteiger partial charge in [0.1, 0.15) is 5.75 Å². The topological polar surface area (TPSA) is 62.6 Å². The zero-order valence-corrected chi connectivity index (χ0v) is 19.2. The lowest BCUT2D eigenvalue weighted by Crippen LogP contribution is -2.46.